The van der Waals surface area contributed by atoms with E-state index in [4.69, 9.17) is 5.73 Å². The van der Waals surface area contributed by atoms with Crippen LogP contribution in [0.25, 0.3) is 0 Å². The molecule has 1 amide bonds. The van der Waals surface area contributed by atoms with Gasteiger partial charge in [0.15, 0.2) is 0 Å². The van der Waals surface area contributed by atoms with Crippen molar-refractivity contribution < 1.29 is 4.79 Å². The normalized spacial score (nSPS) is 12.8. The maximum atomic E-state index is 11.8. The Morgan fingerprint density at radius 2 is 2.00 bits per heavy atom. The van der Waals surface area contributed by atoms with Crippen molar-refractivity contribution in [3.05, 3.63) is 0 Å². The van der Waals surface area contributed by atoms with Gasteiger partial charge in [-0.3, -0.25) is 9.69 Å². The number of amides is 1. The summed E-state index contributed by atoms with van der Waals surface area (Å²) in [7, 11) is 0. The Morgan fingerprint density at radius 1 is 1.29 bits per heavy atom. The molecule has 1 unspecified atom stereocenters. The van der Waals surface area contributed by atoms with Gasteiger partial charge in [0.25, 0.3) is 0 Å². The second-order valence-electron chi connectivity index (χ2n) is 4.68. The van der Waals surface area contributed by atoms with Crippen LogP contribution in [-0.4, -0.2) is 43.0 Å². The first-order chi connectivity index (χ1) is 8.13. The van der Waals surface area contributed by atoms with E-state index in [1.54, 1.807) is 0 Å². The first-order valence-corrected chi connectivity index (χ1v) is 6.85. The van der Waals surface area contributed by atoms with E-state index in [2.05, 4.69) is 31.0 Å². The lowest BCUT2D eigenvalue weighted by molar-refractivity contribution is -0.122. The first kappa shape index (κ1) is 16.4. The van der Waals surface area contributed by atoms with Crippen LogP contribution in [0.1, 0.15) is 46.5 Å². The summed E-state index contributed by atoms with van der Waals surface area (Å²) in [6.45, 7) is 9.40. The Morgan fingerprint density at radius 3 is 2.53 bits per heavy atom. The van der Waals surface area contributed by atoms with Gasteiger partial charge < -0.3 is 11.1 Å². The number of carbonyl (C=O) groups is 1. The summed E-state index contributed by atoms with van der Waals surface area (Å²) in [4.78, 5) is 14.0. The Hall–Kier alpha value is -0.610. The van der Waals surface area contributed by atoms with Crippen LogP contribution in [-0.2, 0) is 4.79 Å². The molecule has 0 aliphatic carbocycles. The summed E-state index contributed by atoms with van der Waals surface area (Å²) in [6, 6.07) is 0.283. The number of hydrogen-bond donors (Lipinski definition) is 2. The molecular weight excluding hydrogens is 214 g/mol. The Balaban J connectivity index is 3.93. The standard InChI is InChI=1S/C13H29N3O/c1-4-7-12(3)15-13(17)11-16(9-5-2)10-6-8-14/h12H,4-11,14H2,1-3H3,(H,15,17). The van der Waals surface area contributed by atoms with E-state index in [0.717, 1.165) is 38.8 Å². The minimum atomic E-state index is 0.136. The maximum Gasteiger partial charge on any atom is 0.234 e. The van der Waals surface area contributed by atoms with E-state index in [1.807, 2.05) is 0 Å². The quantitative estimate of drug-likeness (QED) is 0.609. The third-order valence-corrected chi connectivity index (χ3v) is 2.71. The Labute approximate surface area is 106 Å². The maximum absolute atomic E-state index is 11.8. The zero-order valence-electron chi connectivity index (χ0n) is 11.7. The highest BCUT2D eigenvalue weighted by Crippen LogP contribution is 1.97. The second-order valence-corrected chi connectivity index (χ2v) is 4.68. The zero-order valence-corrected chi connectivity index (χ0v) is 11.7. The molecule has 3 N–H and O–H groups in total. The number of rotatable bonds is 10. The molecule has 4 nitrogen and oxygen atoms in total. The fraction of sp³-hybridized carbons (Fsp3) is 0.923. The van der Waals surface area contributed by atoms with Gasteiger partial charge in [-0.1, -0.05) is 20.3 Å². The molecule has 4 heteroatoms. The van der Waals surface area contributed by atoms with Crippen LogP contribution in [0.2, 0.25) is 0 Å². The largest absolute Gasteiger partial charge is 0.353 e. The summed E-state index contributed by atoms with van der Waals surface area (Å²) in [5, 5.41) is 3.03. The van der Waals surface area contributed by atoms with Crippen LogP contribution >= 0.6 is 0 Å². The average Bonchev–Trinajstić information content (AvgIpc) is 2.26. The molecule has 0 bridgehead atoms. The molecule has 0 fully saturated rings. The summed E-state index contributed by atoms with van der Waals surface area (Å²) in [5.74, 6) is 0.136. The summed E-state index contributed by atoms with van der Waals surface area (Å²) >= 11 is 0. The molecule has 0 saturated heterocycles. The molecule has 0 spiro atoms. The lowest BCUT2D eigenvalue weighted by Crippen LogP contribution is -2.41. The molecule has 0 aromatic heterocycles. The van der Waals surface area contributed by atoms with Crippen LogP contribution in [0.3, 0.4) is 0 Å². The number of hydrogen-bond acceptors (Lipinski definition) is 3. The fourth-order valence-corrected chi connectivity index (χ4v) is 1.93. The van der Waals surface area contributed by atoms with Gasteiger partial charge in [0, 0.05) is 6.04 Å². The molecule has 0 aromatic rings. The van der Waals surface area contributed by atoms with E-state index in [0.29, 0.717) is 13.1 Å². The molecule has 0 aromatic carbocycles. The van der Waals surface area contributed by atoms with Gasteiger partial charge in [-0.25, -0.2) is 0 Å². The third-order valence-electron chi connectivity index (χ3n) is 2.71. The predicted molar refractivity (Wildman–Crippen MR) is 72.9 cm³/mol. The molecular formula is C13H29N3O. The van der Waals surface area contributed by atoms with Crippen molar-refractivity contribution in [3.63, 3.8) is 0 Å². The summed E-state index contributed by atoms with van der Waals surface area (Å²) < 4.78 is 0. The third kappa shape index (κ3) is 9.12. The monoisotopic (exact) mass is 243 g/mol. The molecule has 102 valence electrons. The van der Waals surface area contributed by atoms with E-state index >= 15 is 0 Å². The van der Waals surface area contributed by atoms with E-state index in [-0.39, 0.29) is 11.9 Å². The highest BCUT2D eigenvalue weighted by molar-refractivity contribution is 5.78. The number of nitrogens with zero attached hydrogens (tertiary/aromatic N) is 1. The fourth-order valence-electron chi connectivity index (χ4n) is 1.93. The van der Waals surface area contributed by atoms with Gasteiger partial charge in [-0.15, -0.1) is 0 Å². The van der Waals surface area contributed by atoms with Crippen molar-refractivity contribution >= 4 is 5.91 Å². The molecule has 0 heterocycles. The van der Waals surface area contributed by atoms with Crippen LogP contribution in [0, 0.1) is 0 Å². The second kappa shape index (κ2) is 10.5. The molecule has 0 aliphatic heterocycles. The van der Waals surface area contributed by atoms with Crippen LogP contribution < -0.4 is 11.1 Å². The molecule has 0 aliphatic rings. The van der Waals surface area contributed by atoms with Crippen molar-refractivity contribution in [2.45, 2.75) is 52.5 Å². The molecule has 0 rings (SSSR count). The van der Waals surface area contributed by atoms with Crippen molar-refractivity contribution in [2.75, 3.05) is 26.2 Å². The molecule has 0 saturated carbocycles. The van der Waals surface area contributed by atoms with Gasteiger partial charge in [0.1, 0.15) is 0 Å². The molecule has 0 radical (unpaired) electrons. The predicted octanol–water partition coefficient (Wildman–Crippen LogP) is 1.35. The summed E-state index contributed by atoms with van der Waals surface area (Å²) in [6.07, 6.45) is 4.18. The van der Waals surface area contributed by atoms with E-state index < -0.39 is 0 Å². The highest BCUT2D eigenvalue weighted by atomic mass is 16.2. The van der Waals surface area contributed by atoms with Crippen molar-refractivity contribution in [1.29, 1.82) is 0 Å². The molecule has 17 heavy (non-hydrogen) atoms. The topological polar surface area (TPSA) is 58.4 Å². The Bertz CT molecular complexity index is 197. The van der Waals surface area contributed by atoms with Crippen LogP contribution in [0.15, 0.2) is 0 Å². The van der Waals surface area contributed by atoms with Crippen molar-refractivity contribution in [1.82, 2.24) is 10.2 Å². The smallest absolute Gasteiger partial charge is 0.234 e. The van der Waals surface area contributed by atoms with E-state index in [1.165, 1.54) is 0 Å². The van der Waals surface area contributed by atoms with Gasteiger partial charge in [0.05, 0.1) is 6.54 Å². The lowest BCUT2D eigenvalue weighted by atomic mass is 10.2. The van der Waals surface area contributed by atoms with Crippen molar-refractivity contribution in [2.24, 2.45) is 5.73 Å². The van der Waals surface area contributed by atoms with E-state index in [9.17, 15) is 4.79 Å². The highest BCUT2D eigenvalue weighted by Gasteiger charge is 2.11. The van der Waals surface area contributed by atoms with Crippen LogP contribution in [0.5, 0.6) is 0 Å². The van der Waals surface area contributed by atoms with Crippen LogP contribution in [0.4, 0.5) is 0 Å². The number of nitrogens with two attached hydrogens (primary N) is 1. The number of nitrogens with one attached hydrogen (secondary N) is 1. The average molecular weight is 243 g/mol. The SMILES string of the molecule is CCCC(C)NC(=O)CN(CCC)CCCN. The lowest BCUT2D eigenvalue weighted by Gasteiger charge is -2.22. The van der Waals surface area contributed by atoms with Crippen molar-refractivity contribution in [3.8, 4) is 0 Å². The van der Waals surface area contributed by atoms with Gasteiger partial charge >= 0.3 is 0 Å². The minimum Gasteiger partial charge on any atom is -0.353 e. The first-order valence-electron chi connectivity index (χ1n) is 6.85. The van der Waals surface area contributed by atoms with Gasteiger partial charge in [0.2, 0.25) is 5.91 Å². The number of carbonyl (C=O) groups excluding carboxylic acids is 1. The minimum absolute atomic E-state index is 0.136. The van der Waals surface area contributed by atoms with Gasteiger partial charge in [-0.2, -0.15) is 0 Å². The Kier molecular flexibility index (Phi) is 10.2. The zero-order chi connectivity index (χ0) is 13.1. The molecule has 1 atom stereocenters. The van der Waals surface area contributed by atoms with Gasteiger partial charge in [-0.05, 0) is 45.8 Å². The summed E-state index contributed by atoms with van der Waals surface area (Å²) in [5.41, 5.74) is 5.50.